The quantitative estimate of drug-likeness (QED) is 0.856. The van der Waals surface area contributed by atoms with E-state index in [9.17, 15) is 4.79 Å². The summed E-state index contributed by atoms with van der Waals surface area (Å²) in [7, 11) is 0. The number of hydrogen-bond donors (Lipinski definition) is 1. The molecule has 0 fully saturated rings. The van der Waals surface area contributed by atoms with Crippen LogP contribution in [0.1, 0.15) is 13.1 Å². The van der Waals surface area contributed by atoms with Crippen molar-refractivity contribution in [2.24, 2.45) is 4.99 Å². The Hall–Kier alpha value is -2.14. The Kier molecular flexibility index (Phi) is 2.83. The van der Waals surface area contributed by atoms with Crippen LogP contribution in [-0.4, -0.2) is 21.9 Å². The molecular weight excluding hydrogens is 264 g/mol. The summed E-state index contributed by atoms with van der Waals surface area (Å²) in [5.74, 6) is 1.33. The second-order valence-electron chi connectivity index (χ2n) is 4.23. The lowest BCUT2D eigenvalue weighted by Gasteiger charge is -2.19. The van der Waals surface area contributed by atoms with Crippen molar-refractivity contribution in [3.05, 3.63) is 35.4 Å². The van der Waals surface area contributed by atoms with E-state index in [0.29, 0.717) is 22.4 Å². The zero-order valence-corrected chi connectivity index (χ0v) is 10.9. The number of halogens is 1. The Balaban J connectivity index is 2.13. The van der Waals surface area contributed by atoms with Gasteiger partial charge in [-0.3, -0.25) is 4.79 Å². The van der Waals surface area contributed by atoms with E-state index in [-0.39, 0.29) is 0 Å². The summed E-state index contributed by atoms with van der Waals surface area (Å²) in [6.07, 6.45) is 0.272. The van der Waals surface area contributed by atoms with E-state index in [4.69, 9.17) is 11.6 Å². The summed E-state index contributed by atoms with van der Waals surface area (Å²) in [5.41, 5.74) is 1.52. The number of rotatable bonds is 2. The minimum absolute atomic E-state index is 0.524. The SMILES string of the molecule is CC1=Nc2cc(-c3ccccc3Cl)nn2C(C=O)N1. The number of aromatic nitrogens is 2. The van der Waals surface area contributed by atoms with Gasteiger partial charge in [0.1, 0.15) is 5.84 Å². The van der Waals surface area contributed by atoms with Gasteiger partial charge >= 0.3 is 0 Å². The summed E-state index contributed by atoms with van der Waals surface area (Å²) in [6.45, 7) is 1.81. The molecular formula is C13H11ClN4O. The molecule has 1 aliphatic heterocycles. The van der Waals surface area contributed by atoms with Gasteiger partial charge < -0.3 is 5.32 Å². The van der Waals surface area contributed by atoms with Crippen molar-refractivity contribution >= 4 is 29.5 Å². The first-order valence-electron chi connectivity index (χ1n) is 5.80. The number of fused-ring (bicyclic) bond motifs is 1. The maximum Gasteiger partial charge on any atom is 0.180 e. The molecule has 1 N–H and O–H groups in total. The number of nitrogens with zero attached hydrogens (tertiary/aromatic N) is 3. The summed E-state index contributed by atoms with van der Waals surface area (Å²) < 4.78 is 1.55. The molecule has 0 saturated carbocycles. The Morgan fingerprint density at radius 1 is 1.42 bits per heavy atom. The van der Waals surface area contributed by atoms with E-state index in [1.165, 1.54) is 0 Å². The van der Waals surface area contributed by atoms with Crippen LogP contribution in [0.3, 0.4) is 0 Å². The monoisotopic (exact) mass is 274 g/mol. The fourth-order valence-electron chi connectivity index (χ4n) is 2.04. The molecule has 1 unspecified atom stereocenters. The van der Waals surface area contributed by atoms with Gasteiger partial charge in [-0.2, -0.15) is 5.10 Å². The van der Waals surface area contributed by atoms with Crippen LogP contribution >= 0.6 is 11.6 Å². The molecule has 1 aromatic carbocycles. The van der Waals surface area contributed by atoms with Crippen LogP contribution in [0.2, 0.25) is 5.02 Å². The Bertz CT molecular complexity index is 677. The van der Waals surface area contributed by atoms with E-state index in [1.54, 1.807) is 10.7 Å². The third-order valence-electron chi connectivity index (χ3n) is 2.90. The van der Waals surface area contributed by atoms with Gasteiger partial charge in [-0.15, -0.1) is 0 Å². The first-order valence-corrected chi connectivity index (χ1v) is 6.18. The lowest BCUT2D eigenvalue weighted by Crippen LogP contribution is -2.35. The molecule has 1 aromatic heterocycles. The number of hydrogen-bond acceptors (Lipinski definition) is 4. The topological polar surface area (TPSA) is 59.3 Å². The molecule has 3 rings (SSSR count). The first-order chi connectivity index (χ1) is 9.19. The van der Waals surface area contributed by atoms with Crippen LogP contribution in [0.5, 0.6) is 0 Å². The van der Waals surface area contributed by atoms with Crippen molar-refractivity contribution in [2.75, 3.05) is 0 Å². The second-order valence-corrected chi connectivity index (χ2v) is 4.64. The zero-order chi connectivity index (χ0) is 13.4. The van der Waals surface area contributed by atoms with Gasteiger partial charge in [0.15, 0.2) is 18.3 Å². The number of amidine groups is 1. The molecule has 0 amide bonds. The number of carbonyl (C=O) groups is 1. The number of nitrogens with one attached hydrogen (secondary N) is 1. The van der Waals surface area contributed by atoms with Crippen LogP contribution in [0.4, 0.5) is 5.82 Å². The van der Waals surface area contributed by atoms with Crippen molar-refractivity contribution in [2.45, 2.75) is 13.1 Å². The molecule has 0 spiro atoms. The van der Waals surface area contributed by atoms with Gasteiger partial charge in [-0.05, 0) is 13.0 Å². The van der Waals surface area contributed by atoms with E-state index >= 15 is 0 Å². The van der Waals surface area contributed by atoms with Gasteiger partial charge in [-0.25, -0.2) is 9.67 Å². The molecule has 6 heteroatoms. The maximum atomic E-state index is 11.1. The van der Waals surface area contributed by atoms with E-state index in [2.05, 4.69) is 15.4 Å². The Labute approximate surface area is 114 Å². The molecule has 19 heavy (non-hydrogen) atoms. The fourth-order valence-corrected chi connectivity index (χ4v) is 2.28. The molecule has 0 saturated heterocycles. The van der Waals surface area contributed by atoms with Crippen molar-refractivity contribution < 1.29 is 4.79 Å². The van der Waals surface area contributed by atoms with E-state index in [0.717, 1.165) is 11.8 Å². The lowest BCUT2D eigenvalue weighted by molar-refractivity contribution is -0.111. The summed E-state index contributed by atoms with van der Waals surface area (Å²) >= 11 is 6.15. The summed E-state index contributed by atoms with van der Waals surface area (Å²) in [6, 6.07) is 9.27. The van der Waals surface area contributed by atoms with Crippen LogP contribution in [0.15, 0.2) is 35.3 Å². The van der Waals surface area contributed by atoms with Crippen molar-refractivity contribution in [3.63, 3.8) is 0 Å². The molecule has 1 aliphatic rings. The van der Waals surface area contributed by atoms with E-state index in [1.807, 2.05) is 31.2 Å². The smallest absolute Gasteiger partial charge is 0.180 e. The van der Waals surface area contributed by atoms with Crippen molar-refractivity contribution in [1.82, 2.24) is 15.1 Å². The Morgan fingerprint density at radius 2 is 2.21 bits per heavy atom. The molecule has 96 valence electrons. The molecule has 0 aliphatic carbocycles. The lowest BCUT2D eigenvalue weighted by atomic mass is 10.1. The minimum Gasteiger partial charge on any atom is -0.346 e. The zero-order valence-electron chi connectivity index (χ0n) is 10.2. The predicted octanol–water partition coefficient (Wildman–Crippen LogP) is 2.55. The van der Waals surface area contributed by atoms with Gasteiger partial charge in [0.2, 0.25) is 0 Å². The summed E-state index contributed by atoms with van der Waals surface area (Å²) in [5, 5.41) is 7.97. The van der Waals surface area contributed by atoms with Crippen LogP contribution < -0.4 is 5.32 Å². The van der Waals surface area contributed by atoms with Crippen LogP contribution in [0, 0.1) is 0 Å². The predicted molar refractivity (Wildman–Crippen MR) is 73.7 cm³/mol. The molecule has 2 heterocycles. The number of aldehydes is 1. The minimum atomic E-state index is -0.524. The molecule has 0 bridgehead atoms. The molecule has 2 aromatic rings. The summed E-state index contributed by atoms with van der Waals surface area (Å²) in [4.78, 5) is 15.4. The molecule has 5 nitrogen and oxygen atoms in total. The molecule has 0 radical (unpaired) electrons. The van der Waals surface area contributed by atoms with Crippen LogP contribution in [-0.2, 0) is 4.79 Å². The average molecular weight is 275 g/mol. The van der Waals surface area contributed by atoms with Gasteiger partial charge in [0, 0.05) is 11.6 Å². The third kappa shape index (κ3) is 2.02. The normalized spacial score (nSPS) is 17.4. The molecule has 1 atom stereocenters. The fraction of sp³-hybridized carbons (Fsp3) is 0.154. The van der Waals surface area contributed by atoms with Gasteiger partial charge in [0.05, 0.1) is 10.7 Å². The highest BCUT2D eigenvalue weighted by molar-refractivity contribution is 6.33. The second kappa shape index (κ2) is 4.51. The Morgan fingerprint density at radius 3 is 2.95 bits per heavy atom. The standard InChI is InChI=1S/C13H11ClN4O/c1-8-15-12-6-11(9-4-2-3-5-10(9)14)17-18(12)13(7-19)16-8/h2-7,13H,1H3,(H,15,16). The van der Waals surface area contributed by atoms with Crippen molar-refractivity contribution in [3.8, 4) is 11.3 Å². The first kappa shape index (κ1) is 11.9. The average Bonchev–Trinajstić information content (AvgIpc) is 2.81. The number of benzene rings is 1. The highest BCUT2D eigenvalue weighted by Crippen LogP contribution is 2.31. The van der Waals surface area contributed by atoms with Crippen molar-refractivity contribution in [1.29, 1.82) is 0 Å². The van der Waals surface area contributed by atoms with Gasteiger partial charge in [-0.1, -0.05) is 29.8 Å². The maximum absolute atomic E-state index is 11.1. The van der Waals surface area contributed by atoms with Gasteiger partial charge in [0.25, 0.3) is 0 Å². The third-order valence-corrected chi connectivity index (χ3v) is 3.23. The number of aliphatic imine (C=N–C) groups is 1. The van der Waals surface area contributed by atoms with Crippen LogP contribution in [0.25, 0.3) is 11.3 Å². The largest absolute Gasteiger partial charge is 0.346 e. The highest BCUT2D eigenvalue weighted by atomic mass is 35.5. The number of carbonyl (C=O) groups excluding carboxylic acids is 1. The van der Waals surface area contributed by atoms with E-state index < -0.39 is 6.17 Å². The highest BCUT2D eigenvalue weighted by Gasteiger charge is 2.21.